The second-order valence-corrected chi connectivity index (χ2v) is 3.31. The minimum Gasteiger partial charge on any atom is -0.366 e. The van der Waals surface area contributed by atoms with Gasteiger partial charge in [0.25, 0.3) is 0 Å². The Labute approximate surface area is 87.3 Å². The molecule has 0 aliphatic heterocycles. The van der Waals surface area contributed by atoms with Gasteiger partial charge in [-0.2, -0.15) is 5.10 Å². The van der Waals surface area contributed by atoms with E-state index in [9.17, 15) is 4.79 Å². The van der Waals surface area contributed by atoms with Crippen LogP contribution >= 0.6 is 0 Å². The zero-order valence-corrected chi connectivity index (χ0v) is 8.34. The van der Waals surface area contributed by atoms with Gasteiger partial charge < -0.3 is 5.73 Å². The largest absolute Gasteiger partial charge is 0.366 e. The molecule has 2 rings (SSSR count). The Kier molecular flexibility index (Phi) is 2.25. The van der Waals surface area contributed by atoms with Crippen LogP contribution < -0.4 is 5.73 Å². The van der Waals surface area contributed by atoms with Gasteiger partial charge in [0.15, 0.2) is 0 Å². The van der Waals surface area contributed by atoms with Crippen LogP contribution in [0.2, 0.25) is 0 Å². The summed E-state index contributed by atoms with van der Waals surface area (Å²) in [6.07, 6.45) is 3.50. The van der Waals surface area contributed by atoms with E-state index in [0.29, 0.717) is 5.56 Å². The quantitative estimate of drug-likeness (QED) is 0.795. The van der Waals surface area contributed by atoms with Gasteiger partial charge in [0.05, 0.1) is 5.69 Å². The summed E-state index contributed by atoms with van der Waals surface area (Å²) < 4.78 is 1.69. The van der Waals surface area contributed by atoms with E-state index in [1.807, 2.05) is 31.3 Å². The zero-order valence-electron chi connectivity index (χ0n) is 8.34. The number of carbonyl (C=O) groups excluding carboxylic acids is 1. The van der Waals surface area contributed by atoms with Crippen LogP contribution in [-0.4, -0.2) is 15.7 Å². The lowest BCUT2D eigenvalue weighted by atomic mass is 10.1. The molecule has 1 aromatic heterocycles. The second-order valence-electron chi connectivity index (χ2n) is 3.31. The lowest BCUT2D eigenvalue weighted by molar-refractivity contribution is 0.0999. The zero-order chi connectivity index (χ0) is 10.8. The number of hydrogen-bond acceptors (Lipinski definition) is 2. The van der Waals surface area contributed by atoms with Crippen LogP contribution in [0, 0.1) is 6.92 Å². The molecule has 0 fully saturated rings. The third-order valence-corrected chi connectivity index (χ3v) is 2.26. The molecule has 1 aromatic carbocycles. The molecule has 15 heavy (non-hydrogen) atoms. The number of primary amides is 1. The molecule has 0 aliphatic rings. The molecule has 4 nitrogen and oxygen atoms in total. The number of amides is 1. The first-order valence-corrected chi connectivity index (χ1v) is 4.59. The third kappa shape index (κ3) is 1.74. The molecule has 0 bridgehead atoms. The van der Waals surface area contributed by atoms with Crippen LogP contribution in [0.15, 0.2) is 36.7 Å². The molecule has 1 heterocycles. The van der Waals surface area contributed by atoms with Gasteiger partial charge >= 0.3 is 0 Å². The number of hydrogen-bond donors (Lipinski definition) is 1. The highest BCUT2D eigenvalue weighted by molar-refractivity contribution is 5.94. The average Bonchev–Trinajstić information content (AvgIpc) is 2.71. The third-order valence-electron chi connectivity index (χ3n) is 2.26. The Bertz CT molecular complexity index is 489. The van der Waals surface area contributed by atoms with Gasteiger partial charge in [-0.25, -0.2) is 4.68 Å². The van der Waals surface area contributed by atoms with Crippen molar-refractivity contribution < 1.29 is 4.79 Å². The number of carbonyl (C=O) groups is 1. The molecule has 2 N–H and O–H groups in total. The molecule has 0 atom stereocenters. The van der Waals surface area contributed by atoms with Gasteiger partial charge in [-0.1, -0.05) is 6.07 Å². The molecule has 0 spiro atoms. The van der Waals surface area contributed by atoms with Crippen molar-refractivity contribution in [1.82, 2.24) is 9.78 Å². The maximum absolute atomic E-state index is 11.1. The SMILES string of the molecule is Cc1ccc(-n2cccn2)cc1C(N)=O. The maximum Gasteiger partial charge on any atom is 0.249 e. The predicted octanol–water partition coefficient (Wildman–Crippen LogP) is 1.28. The smallest absolute Gasteiger partial charge is 0.249 e. The number of benzene rings is 1. The lowest BCUT2D eigenvalue weighted by Gasteiger charge is -2.05. The van der Waals surface area contributed by atoms with Gasteiger partial charge in [-0.15, -0.1) is 0 Å². The number of nitrogens with two attached hydrogens (primary N) is 1. The van der Waals surface area contributed by atoms with Crippen molar-refractivity contribution in [2.75, 3.05) is 0 Å². The molecule has 0 saturated carbocycles. The molecule has 0 saturated heterocycles. The van der Waals surface area contributed by atoms with E-state index in [2.05, 4.69) is 5.10 Å². The van der Waals surface area contributed by atoms with E-state index < -0.39 is 5.91 Å². The highest BCUT2D eigenvalue weighted by Gasteiger charge is 2.06. The maximum atomic E-state index is 11.1. The number of aromatic nitrogens is 2. The normalized spacial score (nSPS) is 10.2. The molecule has 1 amide bonds. The average molecular weight is 201 g/mol. The number of rotatable bonds is 2. The monoisotopic (exact) mass is 201 g/mol. The van der Waals surface area contributed by atoms with Crippen molar-refractivity contribution in [3.8, 4) is 5.69 Å². The summed E-state index contributed by atoms with van der Waals surface area (Å²) in [6.45, 7) is 1.85. The predicted molar refractivity (Wildman–Crippen MR) is 56.8 cm³/mol. The van der Waals surface area contributed by atoms with E-state index in [1.165, 1.54) is 0 Å². The van der Waals surface area contributed by atoms with Crippen LogP contribution in [0.1, 0.15) is 15.9 Å². The molecule has 0 aliphatic carbocycles. The summed E-state index contributed by atoms with van der Waals surface area (Å²) in [5.41, 5.74) is 7.51. The Morgan fingerprint density at radius 3 is 2.87 bits per heavy atom. The van der Waals surface area contributed by atoms with Crippen molar-refractivity contribution in [2.45, 2.75) is 6.92 Å². The van der Waals surface area contributed by atoms with Crippen molar-refractivity contribution in [3.05, 3.63) is 47.8 Å². The molecule has 4 heteroatoms. The number of nitrogens with zero attached hydrogens (tertiary/aromatic N) is 2. The Morgan fingerprint density at radius 2 is 2.27 bits per heavy atom. The second kappa shape index (κ2) is 3.57. The lowest BCUT2D eigenvalue weighted by Crippen LogP contribution is -2.13. The van der Waals surface area contributed by atoms with Gasteiger partial charge in [-0.05, 0) is 30.7 Å². The molecular formula is C11H11N3O. The highest BCUT2D eigenvalue weighted by atomic mass is 16.1. The molecule has 76 valence electrons. The topological polar surface area (TPSA) is 60.9 Å². The Morgan fingerprint density at radius 1 is 1.47 bits per heavy atom. The van der Waals surface area contributed by atoms with E-state index in [0.717, 1.165) is 11.3 Å². The minimum absolute atomic E-state index is 0.415. The van der Waals surface area contributed by atoms with Crippen molar-refractivity contribution in [1.29, 1.82) is 0 Å². The Hall–Kier alpha value is -2.10. The van der Waals surface area contributed by atoms with E-state index in [-0.39, 0.29) is 0 Å². The van der Waals surface area contributed by atoms with Crippen LogP contribution in [0.4, 0.5) is 0 Å². The first-order valence-electron chi connectivity index (χ1n) is 4.59. The fourth-order valence-corrected chi connectivity index (χ4v) is 1.44. The molecule has 2 aromatic rings. The van der Waals surface area contributed by atoms with E-state index >= 15 is 0 Å². The number of aryl methyl sites for hydroxylation is 1. The first-order chi connectivity index (χ1) is 7.18. The standard InChI is InChI=1S/C11H11N3O/c1-8-3-4-9(7-10(8)11(12)15)14-6-2-5-13-14/h2-7H,1H3,(H2,12,15). The van der Waals surface area contributed by atoms with Crippen molar-refractivity contribution in [2.24, 2.45) is 5.73 Å². The van der Waals surface area contributed by atoms with Gasteiger partial charge in [-0.3, -0.25) is 4.79 Å². The van der Waals surface area contributed by atoms with Crippen molar-refractivity contribution in [3.63, 3.8) is 0 Å². The fraction of sp³-hybridized carbons (Fsp3) is 0.0909. The molecule has 0 radical (unpaired) electrons. The first kappa shape index (κ1) is 9.45. The van der Waals surface area contributed by atoms with Crippen LogP contribution in [-0.2, 0) is 0 Å². The van der Waals surface area contributed by atoms with Crippen LogP contribution in [0.3, 0.4) is 0 Å². The van der Waals surface area contributed by atoms with E-state index in [4.69, 9.17) is 5.73 Å². The molecule has 0 unspecified atom stereocenters. The summed E-state index contributed by atoms with van der Waals surface area (Å²) in [5, 5.41) is 4.08. The van der Waals surface area contributed by atoms with Gasteiger partial charge in [0.1, 0.15) is 0 Å². The van der Waals surface area contributed by atoms with Gasteiger partial charge in [0, 0.05) is 18.0 Å². The summed E-state index contributed by atoms with van der Waals surface area (Å²) in [5.74, 6) is -0.415. The van der Waals surface area contributed by atoms with Gasteiger partial charge in [0.2, 0.25) is 5.91 Å². The van der Waals surface area contributed by atoms with Crippen LogP contribution in [0.5, 0.6) is 0 Å². The van der Waals surface area contributed by atoms with E-state index in [1.54, 1.807) is 16.9 Å². The summed E-state index contributed by atoms with van der Waals surface area (Å²) in [7, 11) is 0. The fourth-order valence-electron chi connectivity index (χ4n) is 1.44. The summed E-state index contributed by atoms with van der Waals surface area (Å²) in [4.78, 5) is 11.1. The Balaban J connectivity index is 2.52. The summed E-state index contributed by atoms with van der Waals surface area (Å²) in [6, 6.07) is 7.32. The molecular weight excluding hydrogens is 190 g/mol. The summed E-state index contributed by atoms with van der Waals surface area (Å²) >= 11 is 0. The van der Waals surface area contributed by atoms with Crippen molar-refractivity contribution >= 4 is 5.91 Å². The highest BCUT2D eigenvalue weighted by Crippen LogP contribution is 2.13. The van der Waals surface area contributed by atoms with Crippen LogP contribution in [0.25, 0.3) is 5.69 Å². The minimum atomic E-state index is -0.415.